The van der Waals surface area contributed by atoms with E-state index in [-0.39, 0.29) is 5.91 Å². The Hall–Kier alpha value is -2.09. The van der Waals surface area contributed by atoms with Gasteiger partial charge in [0.15, 0.2) is 0 Å². The molecular formula is C17H23N5O2S. The Morgan fingerprint density at radius 3 is 2.76 bits per heavy atom. The number of ether oxygens (including phenoxy) is 1. The van der Waals surface area contributed by atoms with Gasteiger partial charge in [0.2, 0.25) is 11.1 Å². The molecule has 1 amide bonds. The summed E-state index contributed by atoms with van der Waals surface area (Å²) in [5.41, 5.74) is 0.837. The van der Waals surface area contributed by atoms with Crippen LogP contribution in [0.2, 0.25) is 0 Å². The molecule has 0 spiro atoms. The lowest BCUT2D eigenvalue weighted by Crippen LogP contribution is -2.35. The molecule has 0 bridgehead atoms. The van der Waals surface area contributed by atoms with Crippen LogP contribution in [0.15, 0.2) is 29.4 Å². The zero-order chi connectivity index (χ0) is 17.6. The predicted molar refractivity (Wildman–Crippen MR) is 96.0 cm³/mol. The van der Waals surface area contributed by atoms with E-state index in [1.807, 2.05) is 29.2 Å². The number of aromatic nitrogens is 4. The van der Waals surface area contributed by atoms with Crippen molar-refractivity contribution in [2.75, 3.05) is 26.0 Å². The number of hydrogen-bond donors (Lipinski definition) is 0. The molecule has 1 fully saturated rings. The molecule has 0 atom stereocenters. The monoisotopic (exact) mass is 361 g/mol. The molecule has 25 heavy (non-hydrogen) atoms. The van der Waals surface area contributed by atoms with Crippen LogP contribution in [0.4, 0.5) is 0 Å². The van der Waals surface area contributed by atoms with Crippen molar-refractivity contribution < 1.29 is 9.53 Å². The molecule has 0 radical (unpaired) electrons. The first-order valence-electron chi connectivity index (χ1n) is 8.54. The third-order valence-electron chi connectivity index (χ3n) is 4.10. The summed E-state index contributed by atoms with van der Waals surface area (Å²) in [7, 11) is 1.63. The van der Waals surface area contributed by atoms with Gasteiger partial charge in [-0.1, -0.05) is 18.7 Å². The van der Waals surface area contributed by atoms with Gasteiger partial charge in [-0.25, -0.2) is 0 Å². The number of rotatable bonds is 9. The Morgan fingerprint density at radius 1 is 1.36 bits per heavy atom. The minimum absolute atomic E-state index is 0.156. The van der Waals surface area contributed by atoms with E-state index in [4.69, 9.17) is 4.74 Å². The van der Waals surface area contributed by atoms with Crippen molar-refractivity contribution in [3.05, 3.63) is 24.3 Å². The first-order valence-corrected chi connectivity index (χ1v) is 9.53. The second-order valence-corrected chi connectivity index (χ2v) is 7.09. The molecule has 3 rings (SSSR count). The van der Waals surface area contributed by atoms with Gasteiger partial charge in [0.1, 0.15) is 5.75 Å². The molecule has 0 aliphatic heterocycles. The van der Waals surface area contributed by atoms with Gasteiger partial charge >= 0.3 is 0 Å². The summed E-state index contributed by atoms with van der Waals surface area (Å²) in [5.74, 6) is 1.98. The maximum absolute atomic E-state index is 12.5. The van der Waals surface area contributed by atoms with Crippen molar-refractivity contribution in [1.82, 2.24) is 25.1 Å². The molecule has 1 aliphatic carbocycles. The third-order valence-corrected chi connectivity index (χ3v) is 5.01. The number of methoxy groups -OCH3 is 1. The Labute approximate surface area is 151 Å². The number of nitrogens with zero attached hydrogens (tertiary/aromatic N) is 5. The lowest BCUT2D eigenvalue weighted by atomic mass is 10.3. The molecule has 7 nitrogen and oxygen atoms in total. The molecule has 1 aromatic carbocycles. The van der Waals surface area contributed by atoms with Crippen LogP contribution in [0.25, 0.3) is 5.69 Å². The van der Waals surface area contributed by atoms with E-state index in [1.54, 1.807) is 11.8 Å². The fourth-order valence-electron chi connectivity index (χ4n) is 2.57. The van der Waals surface area contributed by atoms with Gasteiger partial charge in [-0.15, -0.1) is 5.10 Å². The molecule has 0 saturated heterocycles. The molecule has 1 saturated carbocycles. The zero-order valence-electron chi connectivity index (χ0n) is 14.6. The van der Waals surface area contributed by atoms with Crippen molar-refractivity contribution in [2.24, 2.45) is 5.92 Å². The molecule has 2 aromatic rings. The number of benzene rings is 1. The number of thioether (sulfide) groups is 1. The van der Waals surface area contributed by atoms with Crippen LogP contribution in [0.3, 0.4) is 0 Å². The number of tetrazole rings is 1. The first kappa shape index (κ1) is 17.7. The van der Waals surface area contributed by atoms with Gasteiger partial charge in [0.25, 0.3) is 0 Å². The van der Waals surface area contributed by atoms with Gasteiger partial charge in [-0.05, 0) is 59.9 Å². The van der Waals surface area contributed by atoms with Gasteiger partial charge in [0, 0.05) is 13.1 Å². The molecular weight excluding hydrogens is 338 g/mol. The fraction of sp³-hybridized carbons (Fsp3) is 0.529. The predicted octanol–water partition coefficient (Wildman–Crippen LogP) is 2.41. The van der Waals surface area contributed by atoms with E-state index in [2.05, 4.69) is 22.4 Å². The van der Waals surface area contributed by atoms with E-state index >= 15 is 0 Å². The molecule has 8 heteroatoms. The lowest BCUT2D eigenvalue weighted by Gasteiger charge is -2.21. The van der Waals surface area contributed by atoms with Crippen LogP contribution in [-0.4, -0.2) is 57.0 Å². The number of amides is 1. The van der Waals surface area contributed by atoms with Crippen LogP contribution in [-0.2, 0) is 4.79 Å². The van der Waals surface area contributed by atoms with E-state index < -0.39 is 0 Å². The van der Waals surface area contributed by atoms with Gasteiger partial charge in [0.05, 0.1) is 18.6 Å². The molecule has 0 unspecified atom stereocenters. The van der Waals surface area contributed by atoms with Crippen molar-refractivity contribution in [3.8, 4) is 11.4 Å². The Kier molecular flexibility index (Phi) is 5.91. The average Bonchev–Trinajstić information content (AvgIpc) is 3.33. The molecule has 1 aliphatic rings. The van der Waals surface area contributed by atoms with Crippen molar-refractivity contribution >= 4 is 17.7 Å². The Bertz CT molecular complexity index is 699. The highest BCUT2D eigenvalue weighted by Gasteiger charge is 2.26. The second-order valence-electron chi connectivity index (χ2n) is 6.14. The standard InChI is InChI=1S/C17H23N5O2S/c1-3-10-21(11-13-4-5-13)16(23)12-25-17-18-19-20-22(17)14-6-8-15(24-2)9-7-14/h6-9,13H,3-5,10-12H2,1-2H3. The van der Waals surface area contributed by atoms with E-state index in [0.717, 1.165) is 30.9 Å². The zero-order valence-corrected chi connectivity index (χ0v) is 15.4. The van der Waals surface area contributed by atoms with Crippen LogP contribution in [0, 0.1) is 5.92 Å². The van der Waals surface area contributed by atoms with Crippen LogP contribution >= 0.6 is 11.8 Å². The largest absolute Gasteiger partial charge is 0.497 e. The van der Waals surface area contributed by atoms with Crippen LogP contribution in [0.5, 0.6) is 5.75 Å². The van der Waals surface area contributed by atoms with Crippen molar-refractivity contribution in [2.45, 2.75) is 31.3 Å². The summed E-state index contributed by atoms with van der Waals surface area (Å²) in [4.78, 5) is 14.5. The Morgan fingerprint density at radius 2 is 2.12 bits per heavy atom. The van der Waals surface area contributed by atoms with E-state index in [9.17, 15) is 4.79 Å². The average molecular weight is 361 g/mol. The van der Waals surface area contributed by atoms with Crippen molar-refractivity contribution in [1.29, 1.82) is 0 Å². The quantitative estimate of drug-likeness (QED) is 0.639. The van der Waals surface area contributed by atoms with E-state index in [0.29, 0.717) is 16.8 Å². The summed E-state index contributed by atoms with van der Waals surface area (Å²) in [6.07, 6.45) is 3.47. The molecule has 1 heterocycles. The summed E-state index contributed by atoms with van der Waals surface area (Å²) >= 11 is 1.37. The number of carbonyl (C=O) groups excluding carboxylic acids is 1. The third kappa shape index (κ3) is 4.72. The van der Waals surface area contributed by atoms with Crippen LogP contribution < -0.4 is 4.74 Å². The molecule has 134 valence electrons. The summed E-state index contributed by atoms with van der Waals surface area (Å²) in [5, 5.41) is 12.4. The maximum atomic E-state index is 12.5. The minimum atomic E-state index is 0.156. The summed E-state index contributed by atoms with van der Waals surface area (Å²) in [6.45, 7) is 3.81. The summed E-state index contributed by atoms with van der Waals surface area (Å²) < 4.78 is 6.81. The highest BCUT2D eigenvalue weighted by atomic mass is 32.2. The summed E-state index contributed by atoms with van der Waals surface area (Å²) in [6, 6.07) is 7.49. The Balaban J connectivity index is 1.62. The smallest absolute Gasteiger partial charge is 0.233 e. The minimum Gasteiger partial charge on any atom is -0.497 e. The number of hydrogen-bond acceptors (Lipinski definition) is 6. The molecule has 1 aromatic heterocycles. The second kappa shape index (κ2) is 8.33. The van der Waals surface area contributed by atoms with E-state index in [1.165, 1.54) is 24.6 Å². The van der Waals surface area contributed by atoms with Gasteiger partial charge in [-0.2, -0.15) is 4.68 Å². The normalized spacial score (nSPS) is 13.7. The van der Waals surface area contributed by atoms with Crippen molar-refractivity contribution in [3.63, 3.8) is 0 Å². The highest BCUT2D eigenvalue weighted by Crippen LogP contribution is 2.30. The van der Waals surface area contributed by atoms with Gasteiger partial charge < -0.3 is 9.64 Å². The van der Waals surface area contributed by atoms with Gasteiger partial charge in [-0.3, -0.25) is 4.79 Å². The molecule has 0 N–H and O–H groups in total. The maximum Gasteiger partial charge on any atom is 0.233 e. The highest BCUT2D eigenvalue weighted by molar-refractivity contribution is 7.99. The SMILES string of the molecule is CCCN(CC1CC1)C(=O)CSc1nnnn1-c1ccc(OC)cc1. The fourth-order valence-corrected chi connectivity index (χ4v) is 3.37. The van der Waals surface area contributed by atoms with Crippen LogP contribution in [0.1, 0.15) is 26.2 Å². The topological polar surface area (TPSA) is 73.1 Å². The lowest BCUT2D eigenvalue weighted by molar-refractivity contribution is -0.128. The number of carbonyl (C=O) groups is 1. The first-order chi connectivity index (χ1) is 12.2.